The van der Waals surface area contributed by atoms with Crippen molar-refractivity contribution in [2.24, 2.45) is 29.2 Å². The van der Waals surface area contributed by atoms with Gasteiger partial charge in [-0.05, 0) is 64.2 Å². The Labute approximate surface area is 297 Å². The molecule has 7 unspecified atom stereocenters. The van der Waals surface area contributed by atoms with E-state index in [1.165, 1.54) is 6.33 Å². The third kappa shape index (κ3) is 12.4. The molecule has 9 N–H and O–H groups in total. The number of aryl methyl sites for hydroxylation is 1. The number of aliphatic hydroxyl groups is 5. The molecule has 0 radical (unpaired) electrons. The molecule has 0 saturated carbocycles. The Bertz CT molecular complexity index is 1140. The predicted octanol–water partition coefficient (Wildman–Crippen LogP) is 0.311. The van der Waals surface area contributed by atoms with Crippen molar-refractivity contribution in [2.45, 2.75) is 147 Å². The highest BCUT2D eigenvalue weighted by atomic mass is 16.7. The highest BCUT2D eigenvalue weighted by molar-refractivity contribution is 5.82. The Balaban J connectivity index is 1.90. The van der Waals surface area contributed by atoms with Crippen LogP contribution < -0.4 is 11.5 Å². The Morgan fingerprint density at radius 1 is 1.10 bits per heavy atom. The molecule has 11 atom stereocenters. The Kier molecular flexibility index (Phi) is 17.3. The standard InChI is InChI=1S/C35H64N6O9/c1-22(2)10-11-25(49-34-33(46)31(32(45)24(5)48-34)40(14-7-12-36)15-8-13-37)17-29-30(26(42)9-6-16-41-21-38-20-39-41)28(44)19-35(47,50-29)18-27(43)23(3)4/h10-11,20-25,27-34,43-47H,6-9,12-19,36-37H2,1-5H3/b11-10+/t24?,25-,27?,28-,29?,30+,31?,32?,33?,34?,35+/m0/s1. The van der Waals surface area contributed by atoms with Gasteiger partial charge in [-0.1, -0.05) is 39.8 Å². The normalized spacial score (nSPS) is 32.0. The van der Waals surface area contributed by atoms with Crippen LogP contribution in [0.3, 0.4) is 0 Å². The molecule has 15 nitrogen and oxygen atoms in total. The van der Waals surface area contributed by atoms with Gasteiger partial charge in [-0.3, -0.25) is 14.4 Å². The van der Waals surface area contributed by atoms with Crippen molar-refractivity contribution in [1.29, 1.82) is 0 Å². The average molecular weight is 713 g/mol. The van der Waals surface area contributed by atoms with Crippen LogP contribution in [0, 0.1) is 17.8 Å². The second-order valence-corrected chi connectivity index (χ2v) is 14.7. The molecule has 0 amide bonds. The van der Waals surface area contributed by atoms with E-state index in [1.807, 2.05) is 44.7 Å². The zero-order chi connectivity index (χ0) is 37.0. The van der Waals surface area contributed by atoms with Crippen molar-refractivity contribution in [3.05, 3.63) is 24.8 Å². The van der Waals surface area contributed by atoms with Gasteiger partial charge in [0.1, 0.15) is 24.5 Å². The lowest BCUT2D eigenvalue weighted by molar-refractivity contribution is -0.311. The summed E-state index contributed by atoms with van der Waals surface area (Å²) < 4.78 is 20.4. The van der Waals surface area contributed by atoms with Gasteiger partial charge in [-0.2, -0.15) is 5.10 Å². The summed E-state index contributed by atoms with van der Waals surface area (Å²) >= 11 is 0. The van der Waals surface area contributed by atoms with Crippen molar-refractivity contribution >= 4 is 5.78 Å². The molecule has 0 spiro atoms. The molecule has 0 bridgehead atoms. The molecule has 0 aromatic carbocycles. The fraction of sp³-hybridized carbons (Fsp3) is 0.857. The summed E-state index contributed by atoms with van der Waals surface area (Å²) in [6, 6.07) is -0.716. The summed E-state index contributed by atoms with van der Waals surface area (Å²) in [4.78, 5) is 19.7. The fourth-order valence-electron chi connectivity index (χ4n) is 6.83. The maximum absolute atomic E-state index is 13.8. The maximum atomic E-state index is 13.8. The van der Waals surface area contributed by atoms with E-state index in [0.717, 1.165) is 0 Å². The highest BCUT2D eigenvalue weighted by Crippen LogP contribution is 2.39. The Hall–Kier alpha value is -1.89. The van der Waals surface area contributed by atoms with Crippen LogP contribution >= 0.6 is 0 Å². The first-order valence-corrected chi connectivity index (χ1v) is 18.3. The van der Waals surface area contributed by atoms with E-state index < -0.39 is 66.8 Å². The molecule has 2 saturated heterocycles. The fourth-order valence-corrected chi connectivity index (χ4v) is 6.83. The summed E-state index contributed by atoms with van der Waals surface area (Å²) in [6.45, 7) is 11.8. The largest absolute Gasteiger partial charge is 0.393 e. The molecule has 15 heteroatoms. The first kappa shape index (κ1) is 42.5. The van der Waals surface area contributed by atoms with Gasteiger partial charge in [-0.25, -0.2) is 4.98 Å². The third-order valence-electron chi connectivity index (χ3n) is 9.67. The summed E-state index contributed by atoms with van der Waals surface area (Å²) in [5.74, 6) is -3.17. The minimum Gasteiger partial charge on any atom is -0.393 e. The van der Waals surface area contributed by atoms with Crippen LogP contribution in [0.1, 0.15) is 79.6 Å². The van der Waals surface area contributed by atoms with Gasteiger partial charge in [0.2, 0.25) is 0 Å². The number of hydrogen-bond donors (Lipinski definition) is 7. The Morgan fingerprint density at radius 3 is 2.36 bits per heavy atom. The number of rotatable bonds is 21. The van der Waals surface area contributed by atoms with Gasteiger partial charge in [0.05, 0.1) is 48.6 Å². The number of nitrogens with two attached hydrogens (primary N) is 2. The van der Waals surface area contributed by atoms with Crippen LogP contribution in [0.15, 0.2) is 24.8 Å². The van der Waals surface area contributed by atoms with E-state index in [0.29, 0.717) is 52.0 Å². The van der Waals surface area contributed by atoms with Gasteiger partial charge in [-0.15, -0.1) is 0 Å². The molecule has 2 aliphatic heterocycles. The van der Waals surface area contributed by atoms with Gasteiger partial charge in [0, 0.05) is 32.2 Å². The molecule has 1 aromatic rings. The summed E-state index contributed by atoms with van der Waals surface area (Å²) in [6.07, 6.45) is 0.184. The molecule has 3 rings (SSSR count). The summed E-state index contributed by atoms with van der Waals surface area (Å²) in [5.41, 5.74) is 11.6. The topological polar surface area (TPSA) is 232 Å². The number of hydrogen-bond acceptors (Lipinski definition) is 14. The third-order valence-corrected chi connectivity index (χ3v) is 9.67. The summed E-state index contributed by atoms with van der Waals surface area (Å²) in [5, 5.41) is 60.6. The molecular formula is C35H64N6O9. The number of carbonyl (C=O) groups is 1. The molecule has 2 fully saturated rings. The van der Waals surface area contributed by atoms with Crippen molar-refractivity contribution in [3.63, 3.8) is 0 Å². The summed E-state index contributed by atoms with van der Waals surface area (Å²) in [7, 11) is 0. The van der Waals surface area contributed by atoms with E-state index in [2.05, 4.69) is 10.1 Å². The van der Waals surface area contributed by atoms with Crippen molar-refractivity contribution in [1.82, 2.24) is 19.7 Å². The Morgan fingerprint density at radius 2 is 1.78 bits per heavy atom. The van der Waals surface area contributed by atoms with Gasteiger partial charge in [0.15, 0.2) is 12.1 Å². The van der Waals surface area contributed by atoms with Crippen molar-refractivity contribution in [3.8, 4) is 0 Å². The van der Waals surface area contributed by atoms with E-state index >= 15 is 0 Å². The zero-order valence-electron chi connectivity index (χ0n) is 30.5. The van der Waals surface area contributed by atoms with Crippen molar-refractivity contribution < 1.29 is 44.5 Å². The number of ketones is 1. The molecule has 50 heavy (non-hydrogen) atoms. The minimum absolute atomic E-state index is 0.0259. The predicted molar refractivity (Wildman–Crippen MR) is 186 cm³/mol. The second-order valence-electron chi connectivity index (χ2n) is 14.7. The SMILES string of the molecule is CC(C)/C=C/[C@@H](CC1O[C@](O)(CC(O)C(C)C)C[C@H](O)[C@H]1C(=O)CCCn1cncn1)OC1OC(C)C(O)C(N(CCCN)CCCN)C1O. The van der Waals surface area contributed by atoms with Crippen LogP contribution in [0.25, 0.3) is 0 Å². The van der Waals surface area contributed by atoms with Crippen LogP contribution in [-0.4, -0.2) is 138 Å². The number of allylic oxidation sites excluding steroid dienone is 1. The first-order chi connectivity index (χ1) is 23.7. The maximum Gasteiger partial charge on any atom is 0.186 e. The molecule has 288 valence electrons. The van der Waals surface area contributed by atoms with E-state index in [-0.39, 0.29) is 43.3 Å². The van der Waals surface area contributed by atoms with Gasteiger partial charge in [0.25, 0.3) is 0 Å². The number of ether oxygens (including phenoxy) is 3. The van der Waals surface area contributed by atoms with E-state index in [9.17, 15) is 30.3 Å². The number of aromatic nitrogens is 3. The number of Topliss-reactive ketones (excluding diaryl/α,β-unsaturated/α-hetero) is 1. The van der Waals surface area contributed by atoms with E-state index in [1.54, 1.807) is 17.9 Å². The lowest BCUT2D eigenvalue weighted by Gasteiger charge is -2.48. The quantitative estimate of drug-likeness (QED) is 0.0851. The molecule has 3 heterocycles. The average Bonchev–Trinajstić information content (AvgIpc) is 3.56. The monoisotopic (exact) mass is 712 g/mol. The molecule has 0 aliphatic carbocycles. The first-order valence-electron chi connectivity index (χ1n) is 18.3. The van der Waals surface area contributed by atoms with Gasteiger partial charge >= 0.3 is 0 Å². The van der Waals surface area contributed by atoms with Crippen LogP contribution in [-0.2, 0) is 25.5 Å². The number of aliphatic hydroxyl groups excluding tert-OH is 4. The van der Waals surface area contributed by atoms with Crippen LogP contribution in [0.5, 0.6) is 0 Å². The highest BCUT2D eigenvalue weighted by Gasteiger charge is 2.51. The number of carbonyl (C=O) groups excluding carboxylic acids is 1. The molecule has 2 aliphatic rings. The molecular weight excluding hydrogens is 648 g/mol. The lowest BCUT2D eigenvalue weighted by atomic mass is 9.79. The minimum atomic E-state index is -1.89. The van der Waals surface area contributed by atoms with Gasteiger partial charge < -0.3 is 51.2 Å². The number of nitrogens with zero attached hydrogens (tertiary/aromatic N) is 4. The second kappa shape index (κ2) is 20.4. The van der Waals surface area contributed by atoms with Crippen molar-refractivity contribution in [2.75, 3.05) is 26.2 Å². The molecule has 1 aromatic heterocycles. The van der Waals surface area contributed by atoms with Crippen LogP contribution in [0.4, 0.5) is 0 Å². The zero-order valence-corrected chi connectivity index (χ0v) is 30.5. The van der Waals surface area contributed by atoms with E-state index in [4.69, 9.17) is 25.7 Å². The van der Waals surface area contributed by atoms with Crippen LogP contribution in [0.2, 0.25) is 0 Å². The lowest BCUT2D eigenvalue weighted by Crippen LogP contribution is -2.64. The smallest absolute Gasteiger partial charge is 0.186 e.